The smallest absolute Gasteiger partial charge is 0.436 e. The first kappa shape index (κ1) is 26.0. The number of carbonyl (C=O) groups is 2. The van der Waals surface area contributed by atoms with Gasteiger partial charge in [-0.1, -0.05) is 24.3 Å². The summed E-state index contributed by atoms with van der Waals surface area (Å²) in [5, 5.41) is 15.3. The second-order valence-corrected chi connectivity index (χ2v) is 8.50. The molecular formula is C25H24F4N4O4. The number of carboxylic acid groups (broad SMARTS) is 1. The van der Waals surface area contributed by atoms with Crippen molar-refractivity contribution in [2.75, 3.05) is 24.7 Å². The molecule has 0 aliphatic carbocycles. The Hall–Kier alpha value is -4.09. The lowest BCUT2D eigenvalue weighted by Gasteiger charge is -2.21. The Labute approximate surface area is 209 Å². The van der Waals surface area contributed by atoms with Crippen molar-refractivity contribution in [1.82, 2.24) is 15.1 Å². The van der Waals surface area contributed by atoms with E-state index in [1.54, 1.807) is 36.1 Å². The number of anilines is 1. The molecular weight excluding hydrogens is 496 g/mol. The molecule has 2 N–H and O–H groups in total. The molecule has 0 fully saturated rings. The van der Waals surface area contributed by atoms with Gasteiger partial charge in [-0.2, -0.15) is 18.3 Å². The van der Waals surface area contributed by atoms with Crippen molar-refractivity contribution in [3.63, 3.8) is 0 Å². The van der Waals surface area contributed by atoms with Crippen molar-refractivity contribution in [3.05, 3.63) is 76.5 Å². The summed E-state index contributed by atoms with van der Waals surface area (Å²) >= 11 is 0. The monoisotopic (exact) mass is 520 g/mol. The minimum absolute atomic E-state index is 0.0471. The number of rotatable bonds is 9. The van der Waals surface area contributed by atoms with Crippen molar-refractivity contribution < 1.29 is 37.0 Å². The number of fused-ring (bicyclic) bond motifs is 1. The highest BCUT2D eigenvalue weighted by atomic mass is 19.4. The first-order valence-electron chi connectivity index (χ1n) is 11.4. The SMILES string of the molecule is CC(NC(=O)c1c(C(F)(F)F)nn2c1N(Cc1cccc(OCCF)c1)CC2)c1ccc(C(=O)O)cc1. The Bertz CT molecular complexity index is 1290. The molecule has 1 aliphatic heterocycles. The summed E-state index contributed by atoms with van der Waals surface area (Å²) in [6.07, 6.45) is -4.86. The molecule has 1 unspecified atom stereocenters. The van der Waals surface area contributed by atoms with E-state index in [1.807, 2.05) is 0 Å². The Morgan fingerprint density at radius 3 is 2.54 bits per heavy atom. The molecule has 4 rings (SSSR count). The molecule has 3 aromatic rings. The fourth-order valence-electron chi connectivity index (χ4n) is 4.19. The van der Waals surface area contributed by atoms with Crippen LogP contribution < -0.4 is 15.0 Å². The van der Waals surface area contributed by atoms with E-state index in [9.17, 15) is 27.2 Å². The van der Waals surface area contributed by atoms with Crippen LogP contribution in [0.2, 0.25) is 0 Å². The van der Waals surface area contributed by atoms with E-state index in [0.29, 0.717) is 23.4 Å². The second-order valence-electron chi connectivity index (χ2n) is 8.50. The van der Waals surface area contributed by atoms with Gasteiger partial charge in [0.05, 0.1) is 18.2 Å². The van der Waals surface area contributed by atoms with Gasteiger partial charge in [-0.05, 0) is 42.3 Å². The third-order valence-electron chi connectivity index (χ3n) is 5.93. The maximum Gasteiger partial charge on any atom is 0.436 e. The number of aromatic nitrogens is 2. The molecule has 12 heteroatoms. The largest absolute Gasteiger partial charge is 0.491 e. The maximum atomic E-state index is 13.9. The molecule has 0 saturated heterocycles. The molecule has 0 saturated carbocycles. The zero-order valence-electron chi connectivity index (χ0n) is 19.8. The average Bonchev–Trinajstić information content (AvgIpc) is 3.43. The zero-order chi connectivity index (χ0) is 26.7. The van der Waals surface area contributed by atoms with Gasteiger partial charge in [-0.15, -0.1) is 0 Å². The van der Waals surface area contributed by atoms with Crippen molar-refractivity contribution in [1.29, 1.82) is 0 Å². The van der Waals surface area contributed by atoms with Crippen molar-refractivity contribution in [2.24, 2.45) is 0 Å². The van der Waals surface area contributed by atoms with Gasteiger partial charge < -0.3 is 20.1 Å². The minimum atomic E-state index is -4.86. The Balaban J connectivity index is 1.61. The summed E-state index contributed by atoms with van der Waals surface area (Å²) in [7, 11) is 0. The molecule has 1 atom stereocenters. The molecule has 1 aromatic heterocycles. The van der Waals surface area contributed by atoms with Crippen LogP contribution in [0.1, 0.15) is 50.5 Å². The Kier molecular flexibility index (Phi) is 7.37. The quantitative estimate of drug-likeness (QED) is 0.405. The first-order chi connectivity index (χ1) is 17.6. The fourth-order valence-corrected chi connectivity index (χ4v) is 4.19. The van der Waals surface area contributed by atoms with Gasteiger partial charge in [-0.3, -0.25) is 4.79 Å². The van der Waals surface area contributed by atoms with Gasteiger partial charge in [0.1, 0.15) is 30.4 Å². The Morgan fingerprint density at radius 2 is 1.89 bits per heavy atom. The number of halogens is 4. The number of amides is 1. The van der Waals surface area contributed by atoms with Gasteiger partial charge in [0, 0.05) is 13.1 Å². The highest BCUT2D eigenvalue weighted by Crippen LogP contribution is 2.39. The van der Waals surface area contributed by atoms with Crippen LogP contribution in [0.15, 0.2) is 48.5 Å². The third kappa shape index (κ3) is 5.68. The number of nitrogens with one attached hydrogen (secondary N) is 1. The lowest BCUT2D eigenvalue weighted by molar-refractivity contribution is -0.141. The first-order valence-corrected chi connectivity index (χ1v) is 11.4. The summed E-state index contributed by atoms with van der Waals surface area (Å²) in [5.41, 5.74) is -0.580. The second kappa shape index (κ2) is 10.5. The van der Waals surface area contributed by atoms with Crippen LogP contribution >= 0.6 is 0 Å². The summed E-state index contributed by atoms with van der Waals surface area (Å²) in [5.74, 6) is -1.59. The summed E-state index contributed by atoms with van der Waals surface area (Å²) in [6, 6.07) is 11.8. The molecule has 2 aromatic carbocycles. The molecule has 0 spiro atoms. The van der Waals surface area contributed by atoms with E-state index in [2.05, 4.69) is 10.4 Å². The fraction of sp³-hybridized carbons (Fsp3) is 0.320. The predicted molar refractivity (Wildman–Crippen MR) is 125 cm³/mol. The van der Waals surface area contributed by atoms with Crippen LogP contribution in [0.4, 0.5) is 23.4 Å². The van der Waals surface area contributed by atoms with E-state index in [-0.39, 0.29) is 31.1 Å². The van der Waals surface area contributed by atoms with E-state index in [4.69, 9.17) is 9.84 Å². The van der Waals surface area contributed by atoms with E-state index < -0.39 is 42.0 Å². The molecule has 1 amide bonds. The summed E-state index contributed by atoms with van der Waals surface area (Å²) < 4.78 is 60.6. The number of carbonyl (C=O) groups excluding carboxylic acids is 1. The average molecular weight is 520 g/mol. The molecule has 8 nitrogen and oxygen atoms in total. The van der Waals surface area contributed by atoms with E-state index >= 15 is 0 Å². The molecule has 0 bridgehead atoms. The molecule has 37 heavy (non-hydrogen) atoms. The van der Waals surface area contributed by atoms with E-state index in [0.717, 1.165) is 0 Å². The predicted octanol–water partition coefficient (Wildman–Crippen LogP) is 4.46. The number of aromatic carboxylic acids is 1. The van der Waals surface area contributed by atoms with Crippen LogP contribution in [0.3, 0.4) is 0 Å². The molecule has 0 radical (unpaired) electrons. The number of nitrogens with zero attached hydrogens (tertiary/aromatic N) is 3. The summed E-state index contributed by atoms with van der Waals surface area (Å²) in [6.45, 7) is 1.50. The van der Waals surface area contributed by atoms with Crippen LogP contribution in [0, 0.1) is 0 Å². The number of hydrogen-bond donors (Lipinski definition) is 2. The van der Waals surface area contributed by atoms with Gasteiger partial charge in [-0.25, -0.2) is 13.9 Å². The number of benzene rings is 2. The van der Waals surface area contributed by atoms with Gasteiger partial charge >= 0.3 is 12.1 Å². The Morgan fingerprint density at radius 1 is 1.16 bits per heavy atom. The van der Waals surface area contributed by atoms with Crippen molar-refractivity contribution >= 4 is 17.7 Å². The topological polar surface area (TPSA) is 96.7 Å². The standard InChI is InChI=1S/C25H24F4N4O4/c1-15(17-5-7-18(8-6-17)24(35)36)30-22(34)20-21(25(27,28)29)31-33-11-10-32(23(20)33)14-16-3-2-4-19(13-16)37-12-9-26/h2-8,13,15H,9-12,14H2,1H3,(H,30,34)(H,35,36). The van der Waals surface area contributed by atoms with Crippen LogP contribution in [-0.4, -0.2) is 46.6 Å². The van der Waals surface area contributed by atoms with Gasteiger partial charge in [0.2, 0.25) is 0 Å². The highest BCUT2D eigenvalue weighted by Gasteiger charge is 2.44. The summed E-state index contributed by atoms with van der Waals surface area (Å²) in [4.78, 5) is 25.9. The number of hydrogen-bond acceptors (Lipinski definition) is 5. The van der Waals surface area contributed by atoms with E-state index in [1.165, 1.54) is 28.9 Å². The van der Waals surface area contributed by atoms with Gasteiger partial charge in [0.15, 0.2) is 5.69 Å². The minimum Gasteiger partial charge on any atom is -0.491 e. The van der Waals surface area contributed by atoms with Crippen molar-refractivity contribution in [2.45, 2.75) is 32.2 Å². The highest BCUT2D eigenvalue weighted by molar-refractivity contribution is 6.01. The number of carboxylic acids is 1. The maximum absolute atomic E-state index is 13.9. The van der Waals surface area contributed by atoms with Crippen LogP contribution in [0.5, 0.6) is 5.75 Å². The lowest BCUT2D eigenvalue weighted by Crippen LogP contribution is -2.31. The van der Waals surface area contributed by atoms with Crippen LogP contribution in [-0.2, 0) is 19.3 Å². The zero-order valence-corrected chi connectivity index (χ0v) is 19.8. The normalized spacial score (nSPS) is 13.8. The number of ether oxygens (including phenoxy) is 1. The number of alkyl halides is 4. The lowest BCUT2D eigenvalue weighted by atomic mass is 10.1. The van der Waals surface area contributed by atoms with Crippen molar-refractivity contribution in [3.8, 4) is 5.75 Å². The molecule has 1 aliphatic rings. The molecule has 196 valence electrons. The van der Waals surface area contributed by atoms with Gasteiger partial charge in [0.25, 0.3) is 5.91 Å². The van der Waals surface area contributed by atoms with Crippen LogP contribution in [0.25, 0.3) is 0 Å². The third-order valence-corrected chi connectivity index (χ3v) is 5.93. The molecule has 2 heterocycles.